The number of rotatable bonds is 3. The molecule has 0 radical (unpaired) electrons. The first-order chi connectivity index (χ1) is 6.69. The lowest BCUT2D eigenvalue weighted by Crippen LogP contribution is -2.50. The van der Waals surface area contributed by atoms with Crippen molar-refractivity contribution < 1.29 is 14.6 Å². The second-order valence-electron chi connectivity index (χ2n) is 4.81. The van der Waals surface area contributed by atoms with Gasteiger partial charge in [0.25, 0.3) is 0 Å². The molecule has 2 fully saturated rings. The largest absolute Gasteiger partial charge is 0.466 e. The standard InChI is InChI=1S/C11H18O3/c1-2-14-10(13)9-5-11(6-9)3-8(4-11)7-12/h8-9,12H,2-7H2,1H3. The maximum Gasteiger partial charge on any atom is 0.308 e. The maximum atomic E-state index is 11.3. The molecule has 2 aliphatic carbocycles. The Kier molecular flexibility index (Phi) is 2.52. The van der Waals surface area contributed by atoms with Gasteiger partial charge in [-0.05, 0) is 43.9 Å². The molecule has 0 saturated heterocycles. The summed E-state index contributed by atoms with van der Waals surface area (Å²) in [5.74, 6) is 0.623. The number of aliphatic hydroxyl groups is 1. The third kappa shape index (κ3) is 1.54. The lowest BCUT2D eigenvalue weighted by molar-refractivity contribution is -0.165. The van der Waals surface area contributed by atoms with E-state index >= 15 is 0 Å². The van der Waals surface area contributed by atoms with Gasteiger partial charge in [0.05, 0.1) is 12.5 Å². The van der Waals surface area contributed by atoms with E-state index in [1.54, 1.807) is 0 Å². The topological polar surface area (TPSA) is 46.5 Å². The Morgan fingerprint density at radius 2 is 2.07 bits per heavy atom. The Balaban J connectivity index is 1.72. The van der Waals surface area contributed by atoms with Crippen LogP contribution in [0.2, 0.25) is 0 Å². The molecule has 14 heavy (non-hydrogen) atoms. The van der Waals surface area contributed by atoms with Crippen molar-refractivity contribution in [3.63, 3.8) is 0 Å². The molecule has 3 heteroatoms. The lowest BCUT2D eigenvalue weighted by atomic mass is 9.48. The minimum absolute atomic E-state index is 0.0226. The lowest BCUT2D eigenvalue weighted by Gasteiger charge is -2.56. The minimum atomic E-state index is -0.0226. The Bertz CT molecular complexity index is 223. The minimum Gasteiger partial charge on any atom is -0.466 e. The average Bonchev–Trinajstić information content (AvgIpc) is 2.00. The van der Waals surface area contributed by atoms with Crippen LogP contribution in [-0.2, 0) is 9.53 Å². The van der Waals surface area contributed by atoms with E-state index in [1.807, 2.05) is 6.92 Å². The third-order valence-corrected chi connectivity index (χ3v) is 3.68. The SMILES string of the molecule is CCOC(=O)C1CC2(CC(CO)C2)C1. The highest BCUT2D eigenvalue weighted by Crippen LogP contribution is 2.61. The number of hydrogen-bond donors (Lipinski definition) is 1. The van der Waals surface area contributed by atoms with Crippen LogP contribution in [-0.4, -0.2) is 24.3 Å². The molecule has 2 saturated carbocycles. The first-order valence-corrected chi connectivity index (χ1v) is 5.46. The zero-order chi connectivity index (χ0) is 10.2. The molecule has 0 aromatic heterocycles. The summed E-state index contributed by atoms with van der Waals surface area (Å²) in [5.41, 5.74) is 0.408. The average molecular weight is 198 g/mol. The van der Waals surface area contributed by atoms with Crippen molar-refractivity contribution >= 4 is 5.97 Å². The fourth-order valence-corrected chi connectivity index (χ4v) is 3.04. The normalized spacial score (nSPS) is 40.1. The van der Waals surface area contributed by atoms with E-state index in [0.29, 0.717) is 24.5 Å². The van der Waals surface area contributed by atoms with Crippen LogP contribution in [0.15, 0.2) is 0 Å². The Hall–Kier alpha value is -0.570. The highest BCUT2D eigenvalue weighted by atomic mass is 16.5. The Morgan fingerprint density at radius 3 is 2.57 bits per heavy atom. The predicted molar refractivity (Wildman–Crippen MR) is 51.6 cm³/mol. The van der Waals surface area contributed by atoms with Crippen LogP contribution in [0, 0.1) is 17.3 Å². The van der Waals surface area contributed by atoms with E-state index in [9.17, 15) is 4.79 Å². The molecule has 0 aromatic rings. The fraction of sp³-hybridized carbons (Fsp3) is 0.909. The van der Waals surface area contributed by atoms with Gasteiger partial charge in [0, 0.05) is 6.61 Å². The second kappa shape index (κ2) is 3.54. The molecule has 0 atom stereocenters. The first kappa shape index (κ1) is 9.97. The summed E-state index contributed by atoms with van der Waals surface area (Å²) in [5, 5.41) is 8.91. The number of esters is 1. The molecule has 2 aliphatic rings. The third-order valence-electron chi connectivity index (χ3n) is 3.68. The summed E-state index contributed by atoms with van der Waals surface area (Å²) in [6.07, 6.45) is 4.20. The number of hydrogen-bond acceptors (Lipinski definition) is 3. The van der Waals surface area contributed by atoms with Gasteiger partial charge >= 0.3 is 5.97 Å². The molecular weight excluding hydrogens is 180 g/mol. The zero-order valence-corrected chi connectivity index (χ0v) is 8.66. The van der Waals surface area contributed by atoms with Crippen molar-refractivity contribution in [2.45, 2.75) is 32.6 Å². The maximum absolute atomic E-state index is 11.3. The van der Waals surface area contributed by atoms with Crippen LogP contribution in [0.5, 0.6) is 0 Å². The molecule has 1 N–H and O–H groups in total. The van der Waals surface area contributed by atoms with E-state index in [1.165, 1.54) is 0 Å². The van der Waals surface area contributed by atoms with Crippen LogP contribution >= 0.6 is 0 Å². The van der Waals surface area contributed by atoms with Gasteiger partial charge in [0.1, 0.15) is 0 Å². The molecule has 0 aliphatic heterocycles. The Morgan fingerprint density at radius 1 is 1.43 bits per heavy atom. The van der Waals surface area contributed by atoms with E-state index in [-0.39, 0.29) is 11.9 Å². The van der Waals surface area contributed by atoms with Crippen LogP contribution in [0.1, 0.15) is 32.6 Å². The van der Waals surface area contributed by atoms with Crippen molar-refractivity contribution in [3.05, 3.63) is 0 Å². The molecular formula is C11H18O3. The van der Waals surface area contributed by atoms with Crippen molar-refractivity contribution in [1.29, 1.82) is 0 Å². The van der Waals surface area contributed by atoms with Gasteiger partial charge in [0.15, 0.2) is 0 Å². The summed E-state index contributed by atoms with van der Waals surface area (Å²) in [6.45, 7) is 2.64. The van der Waals surface area contributed by atoms with Crippen LogP contribution < -0.4 is 0 Å². The number of carbonyl (C=O) groups excluding carboxylic acids is 1. The summed E-state index contributed by atoms with van der Waals surface area (Å²) >= 11 is 0. The smallest absolute Gasteiger partial charge is 0.308 e. The summed E-state index contributed by atoms with van der Waals surface area (Å²) in [7, 11) is 0. The molecule has 0 unspecified atom stereocenters. The number of carbonyl (C=O) groups is 1. The van der Waals surface area contributed by atoms with Gasteiger partial charge in [-0.15, -0.1) is 0 Å². The molecule has 80 valence electrons. The van der Waals surface area contributed by atoms with Crippen molar-refractivity contribution in [2.24, 2.45) is 17.3 Å². The summed E-state index contributed by atoms with van der Waals surface area (Å²) < 4.78 is 4.97. The highest BCUT2D eigenvalue weighted by molar-refractivity contribution is 5.73. The van der Waals surface area contributed by atoms with Crippen LogP contribution in [0.25, 0.3) is 0 Å². The van der Waals surface area contributed by atoms with Gasteiger partial charge < -0.3 is 9.84 Å². The molecule has 0 heterocycles. The van der Waals surface area contributed by atoms with E-state index in [0.717, 1.165) is 25.7 Å². The predicted octanol–water partition coefficient (Wildman–Crippen LogP) is 1.35. The van der Waals surface area contributed by atoms with Crippen molar-refractivity contribution in [1.82, 2.24) is 0 Å². The molecule has 0 aromatic carbocycles. The fourth-order valence-electron chi connectivity index (χ4n) is 3.04. The van der Waals surface area contributed by atoms with Gasteiger partial charge in [-0.1, -0.05) is 0 Å². The van der Waals surface area contributed by atoms with Crippen LogP contribution in [0.4, 0.5) is 0 Å². The van der Waals surface area contributed by atoms with Crippen LogP contribution in [0.3, 0.4) is 0 Å². The molecule has 3 nitrogen and oxygen atoms in total. The first-order valence-electron chi connectivity index (χ1n) is 5.46. The van der Waals surface area contributed by atoms with E-state index in [4.69, 9.17) is 9.84 Å². The van der Waals surface area contributed by atoms with Crippen molar-refractivity contribution in [3.8, 4) is 0 Å². The zero-order valence-electron chi connectivity index (χ0n) is 8.66. The van der Waals surface area contributed by atoms with Gasteiger partial charge in [-0.3, -0.25) is 4.79 Å². The van der Waals surface area contributed by atoms with Gasteiger partial charge in [-0.25, -0.2) is 0 Å². The monoisotopic (exact) mass is 198 g/mol. The van der Waals surface area contributed by atoms with Gasteiger partial charge in [0.2, 0.25) is 0 Å². The second-order valence-corrected chi connectivity index (χ2v) is 4.81. The van der Waals surface area contributed by atoms with E-state index in [2.05, 4.69) is 0 Å². The quantitative estimate of drug-likeness (QED) is 0.696. The summed E-state index contributed by atoms with van der Waals surface area (Å²) in [4.78, 5) is 11.3. The number of ether oxygens (including phenoxy) is 1. The number of aliphatic hydroxyl groups excluding tert-OH is 1. The highest BCUT2D eigenvalue weighted by Gasteiger charge is 2.54. The Labute approximate surface area is 84.4 Å². The van der Waals surface area contributed by atoms with Crippen molar-refractivity contribution in [2.75, 3.05) is 13.2 Å². The molecule has 0 amide bonds. The summed E-state index contributed by atoms with van der Waals surface area (Å²) in [6, 6.07) is 0. The molecule has 1 spiro atoms. The molecule has 0 bridgehead atoms. The van der Waals surface area contributed by atoms with Gasteiger partial charge in [-0.2, -0.15) is 0 Å². The molecule has 2 rings (SSSR count). The van der Waals surface area contributed by atoms with E-state index < -0.39 is 0 Å².